The van der Waals surface area contributed by atoms with E-state index in [1.807, 2.05) is 23.1 Å². The minimum atomic E-state index is -0.410. The lowest BCUT2D eigenvalue weighted by Gasteiger charge is -2.60. The molecule has 0 aromatic heterocycles. The highest BCUT2D eigenvalue weighted by Crippen LogP contribution is 2.65. The van der Waals surface area contributed by atoms with Gasteiger partial charge in [0.25, 0.3) is 5.91 Å². The molecule has 5 atom stereocenters. The molecule has 216 valence electrons. The Hall–Kier alpha value is -3.50. The van der Waals surface area contributed by atoms with Gasteiger partial charge >= 0.3 is 5.97 Å². The summed E-state index contributed by atoms with van der Waals surface area (Å²) >= 11 is 0. The summed E-state index contributed by atoms with van der Waals surface area (Å²) in [6.45, 7) is 11.2. The Morgan fingerprint density at radius 2 is 2.00 bits per heavy atom. The van der Waals surface area contributed by atoms with E-state index in [1.165, 1.54) is 18.6 Å². The highest BCUT2D eigenvalue weighted by Gasteiger charge is 2.67. The van der Waals surface area contributed by atoms with Crippen molar-refractivity contribution < 1.29 is 24.2 Å². The molecule has 0 unspecified atom stereocenters. The quantitative estimate of drug-likeness (QED) is 0.339. The Bertz CT molecular complexity index is 1490. The van der Waals surface area contributed by atoms with Crippen LogP contribution < -0.4 is 9.47 Å². The number of likely N-dealkylation sites (tertiary alicyclic amines) is 1. The van der Waals surface area contributed by atoms with E-state index >= 15 is 0 Å². The topological polar surface area (TPSA) is 79.3 Å². The first-order valence-corrected chi connectivity index (χ1v) is 14.9. The predicted molar refractivity (Wildman–Crippen MR) is 156 cm³/mol. The van der Waals surface area contributed by atoms with Gasteiger partial charge in [-0.3, -0.25) is 9.59 Å². The number of hydrogen-bond donors (Lipinski definition) is 1. The van der Waals surface area contributed by atoms with Gasteiger partial charge in [0.1, 0.15) is 11.9 Å². The normalized spacial score (nSPS) is 27.4. The third kappa shape index (κ3) is 4.39. The van der Waals surface area contributed by atoms with Gasteiger partial charge in [0, 0.05) is 53.6 Å². The Kier molecular flexibility index (Phi) is 6.81. The van der Waals surface area contributed by atoms with E-state index < -0.39 is 5.97 Å². The Morgan fingerprint density at radius 1 is 1.22 bits per heavy atom. The number of piperidine rings is 1. The average Bonchev–Trinajstić information content (AvgIpc) is 3.26. The zero-order valence-electron chi connectivity index (χ0n) is 24.9. The number of hydrogen-bond acceptors (Lipinski definition) is 6. The van der Waals surface area contributed by atoms with E-state index in [4.69, 9.17) is 9.47 Å². The molecule has 2 bridgehead atoms. The average molecular weight is 557 g/mol. The van der Waals surface area contributed by atoms with Crippen LogP contribution >= 0.6 is 0 Å². The van der Waals surface area contributed by atoms with E-state index in [-0.39, 0.29) is 41.2 Å². The minimum Gasteiger partial charge on any atom is -0.504 e. The number of likely N-dealkylation sites (N-methyl/N-ethyl adjacent to an activating group) is 1. The van der Waals surface area contributed by atoms with Crippen molar-refractivity contribution in [1.82, 2.24) is 9.80 Å². The minimum absolute atomic E-state index is 0.00470. The van der Waals surface area contributed by atoms with Crippen LogP contribution in [0.5, 0.6) is 17.2 Å². The van der Waals surface area contributed by atoms with Crippen LogP contribution in [-0.4, -0.2) is 65.1 Å². The Balaban J connectivity index is 1.43. The second-order valence-corrected chi connectivity index (χ2v) is 12.9. The molecule has 2 fully saturated rings. The van der Waals surface area contributed by atoms with Crippen LogP contribution in [-0.2, 0) is 21.4 Å². The van der Waals surface area contributed by atoms with Crippen LogP contribution in [0.2, 0.25) is 0 Å². The van der Waals surface area contributed by atoms with E-state index in [1.54, 1.807) is 0 Å². The van der Waals surface area contributed by atoms with Gasteiger partial charge in [-0.25, -0.2) is 0 Å². The largest absolute Gasteiger partial charge is 0.504 e. The molecular formula is C34H40N2O5. The van der Waals surface area contributed by atoms with Gasteiger partial charge in [0.2, 0.25) is 0 Å². The lowest BCUT2D eigenvalue weighted by Crippen LogP contribution is -2.68. The SMILES string of the molecule is CC(=O)Oc1cc(O)c2c3c1C[C@@H]1[C@@H]4CC[C@H](N(CC(C)C)C(=O)C#Cc5ccc(C)c(C)c5)[C@H](O2)[C@]34CCN1C. The summed E-state index contributed by atoms with van der Waals surface area (Å²) in [5.41, 5.74) is 4.76. The standard InChI is InChI=1S/C34H40N2O5/c1-19(2)18-36(30(39)12-9-23-8-7-20(3)21(4)15-23)26-11-10-25-27-16-24-29(40-22(5)37)17-28(38)32-31(24)34(25,33(26)41-32)13-14-35(27)6/h7-8,15,17,19,25-27,33,38H,10-11,13-14,16,18H2,1-6H3/t25-,26-,27+,33-,34-/m0/s1. The first-order valence-electron chi connectivity index (χ1n) is 14.9. The second kappa shape index (κ2) is 10.1. The predicted octanol–water partition coefficient (Wildman–Crippen LogP) is 4.51. The van der Waals surface area contributed by atoms with Crippen LogP contribution in [0.15, 0.2) is 24.3 Å². The molecule has 2 aliphatic heterocycles. The van der Waals surface area contributed by atoms with E-state index in [0.717, 1.165) is 54.5 Å². The van der Waals surface area contributed by atoms with Crippen LogP contribution in [0.4, 0.5) is 0 Å². The summed E-state index contributed by atoms with van der Waals surface area (Å²) in [4.78, 5) is 30.2. The number of phenolic OH excluding ortho intramolecular Hbond substituents is 1. The highest BCUT2D eigenvalue weighted by molar-refractivity contribution is 5.94. The van der Waals surface area contributed by atoms with Crippen molar-refractivity contribution in [3.63, 3.8) is 0 Å². The summed E-state index contributed by atoms with van der Waals surface area (Å²) < 4.78 is 12.4. The zero-order chi connectivity index (χ0) is 29.2. The maximum absolute atomic E-state index is 13.9. The highest BCUT2D eigenvalue weighted by atomic mass is 16.5. The summed E-state index contributed by atoms with van der Waals surface area (Å²) in [5, 5.41) is 11.2. The van der Waals surface area contributed by atoms with E-state index in [0.29, 0.717) is 24.0 Å². The molecule has 2 aromatic carbocycles. The van der Waals surface area contributed by atoms with Crippen LogP contribution in [0.25, 0.3) is 0 Å². The fraction of sp³-hybridized carbons (Fsp3) is 0.529. The summed E-state index contributed by atoms with van der Waals surface area (Å²) in [6.07, 6.45) is 3.05. The lowest BCUT2D eigenvalue weighted by molar-refractivity contribution is -0.137. The first-order chi connectivity index (χ1) is 19.5. The van der Waals surface area contributed by atoms with Gasteiger partial charge in [-0.1, -0.05) is 25.8 Å². The van der Waals surface area contributed by atoms with Crippen molar-refractivity contribution in [1.29, 1.82) is 0 Å². The molecule has 1 amide bonds. The zero-order valence-corrected chi connectivity index (χ0v) is 24.9. The third-order valence-electron chi connectivity index (χ3n) is 9.95. The number of esters is 1. The molecule has 2 aliphatic carbocycles. The van der Waals surface area contributed by atoms with Crippen LogP contribution in [0, 0.1) is 37.5 Å². The second-order valence-electron chi connectivity index (χ2n) is 12.9. The molecule has 1 N–H and O–H groups in total. The summed E-state index contributed by atoms with van der Waals surface area (Å²) in [7, 11) is 2.17. The van der Waals surface area contributed by atoms with Gasteiger partial charge in [0.05, 0.1) is 6.04 Å². The number of phenols is 1. The van der Waals surface area contributed by atoms with Crippen molar-refractivity contribution in [2.45, 2.75) is 83.9 Å². The van der Waals surface area contributed by atoms with Crippen LogP contribution in [0.3, 0.4) is 0 Å². The molecule has 1 saturated heterocycles. The fourth-order valence-electron chi connectivity index (χ4n) is 8.11. The number of carbonyl (C=O) groups excluding carboxylic acids is 2. The number of aryl methyl sites for hydroxylation is 2. The van der Waals surface area contributed by atoms with E-state index in [9.17, 15) is 14.7 Å². The number of nitrogens with zero attached hydrogens (tertiary/aromatic N) is 2. The lowest BCUT2D eigenvalue weighted by atomic mass is 9.51. The first kappa shape index (κ1) is 27.7. The number of ether oxygens (including phenoxy) is 2. The molecule has 7 heteroatoms. The Morgan fingerprint density at radius 3 is 2.71 bits per heavy atom. The fourth-order valence-corrected chi connectivity index (χ4v) is 8.11. The van der Waals surface area contributed by atoms with Crippen molar-refractivity contribution >= 4 is 11.9 Å². The van der Waals surface area contributed by atoms with Crippen molar-refractivity contribution in [3.05, 3.63) is 52.1 Å². The van der Waals surface area contributed by atoms with Gasteiger partial charge in [-0.2, -0.15) is 0 Å². The Labute approximate surface area is 242 Å². The van der Waals surface area contributed by atoms with Crippen molar-refractivity contribution in [2.75, 3.05) is 20.1 Å². The van der Waals surface area contributed by atoms with E-state index in [2.05, 4.69) is 51.5 Å². The molecule has 0 radical (unpaired) electrons. The molecule has 6 rings (SSSR count). The molecule has 41 heavy (non-hydrogen) atoms. The van der Waals surface area contributed by atoms with Gasteiger partial charge in [-0.05, 0) is 88.2 Å². The number of aromatic hydroxyl groups is 1. The van der Waals surface area contributed by atoms with Gasteiger partial charge in [-0.15, -0.1) is 0 Å². The number of amides is 1. The molecular weight excluding hydrogens is 516 g/mol. The molecule has 1 saturated carbocycles. The third-order valence-corrected chi connectivity index (χ3v) is 9.95. The maximum atomic E-state index is 13.9. The van der Waals surface area contributed by atoms with Gasteiger partial charge in [0.15, 0.2) is 11.5 Å². The number of carbonyl (C=O) groups is 2. The molecule has 7 nitrogen and oxygen atoms in total. The number of benzene rings is 2. The maximum Gasteiger partial charge on any atom is 0.308 e. The monoisotopic (exact) mass is 556 g/mol. The van der Waals surface area contributed by atoms with Crippen LogP contribution in [0.1, 0.15) is 67.9 Å². The van der Waals surface area contributed by atoms with Crippen molar-refractivity contribution in [2.24, 2.45) is 11.8 Å². The number of rotatable bonds is 4. The smallest absolute Gasteiger partial charge is 0.308 e. The molecule has 1 spiro atoms. The van der Waals surface area contributed by atoms with Gasteiger partial charge < -0.3 is 24.4 Å². The van der Waals surface area contributed by atoms with Crippen molar-refractivity contribution in [3.8, 4) is 29.1 Å². The summed E-state index contributed by atoms with van der Waals surface area (Å²) in [6, 6.07) is 7.63. The molecule has 2 heterocycles. The molecule has 2 aromatic rings. The molecule has 4 aliphatic rings. The summed E-state index contributed by atoms with van der Waals surface area (Å²) in [5.74, 6) is 6.95.